The van der Waals surface area contributed by atoms with Crippen LogP contribution >= 0.6 is 0 Å². The van der Waals surface area contributed by atoms with E-state index < -0.39 is 0 Å². The fourth-order valence-corrected chi connectivity index (χ4v) is 3.20. The predicted octanol–water partition coefficient (Wildman–Crippen LogP) is 3.77. The van der Waals surface area contributed by atoms with E-state index in [1.807, 2.05) is 65.0 Å². The van der Waals surface area contributed by atoms with E-state index in [1.54, 1.807) is 6.20 Å². The van der Waals surface area contributed by atoms with Crippen LogP contribution < -0.4 is 0 Å². The number of carbonyl (C=O) groups excluding carboxylic acids is 1. The maximum Gasteiger partial charge on any atom is 0.254 e. The van der Waals surface area contributed by atoms with E-state index in [9.17, 15) is 4.79 Å². The molecule has 1 atom stereocenters. The largest absolute Gasteiger partial charge is 0.331 e. The van der Waals surface area contributed by atoms with Gasteiger partial charge in [0.1, 0.15) is 0 Å². The van der Waals surface area contributed by atoms with Gasteiger partial charge in [-0.1, -0.05) is 30.3 Å². The quantitative estimate of drug-likeness (QED) is 0.737. The summed E-state index contributed by atoms with van der Waals surface area (Å²) in [5.41, 5.74) is 3.98. The number of aromatic nitrogens is 2. The van der Waals surface area contributed by atoms with E-state index in [0.717, 1.165) is 29.9 Å². The van der Waals surface area contributed by atoms with E-state index in [4.69, 9.17) is 0 Å². The maximum absolute atomic E-state index is 12.8. The van der Waals surface area contributed by atoms with Crippen LogP contribution in [0.3, 0.4) is 0 Å². The molecule has 0 unspecified atom stereocenters. The SMILES string of the molecule is Cc1ccnn1-c1ccc(C(=O)N2CC[C@@H]2c2ccccc2)cc1. The molecule has 4 nitrogen and oxygen atoms in total. The molecule has 0 aliphatic carbocycles. The Labute approximate surface area is 141 Å². The zero-order valence-corrected chi connectivity index (χ0v) is 13.6. The Balaban J connectivity index is 1.54. The lowest BCUT2D eigenvalue weighted by atomic mass is 9.93. The molecule has 4 rings (SSSR count). The average molecular weight is 317 g/mol. The van der Waals surface area contributed by atoms with E-state index in [-0.39, 0.29) is 11.9 Å². The van der Waals surface area contributed by atoms with Gasteiger partial charge in [0.05, 0.1) is 11.7 Å². The molecule has 1 saturated heterocycles. The number of benzene rings is 2. The normalized spacial score (nSPS) is 16.7. The van der Waals surface area contributed by atoms with Crippen LogP contribution in [0.4, 0.5) is 0 Å². The minimum absolute atomic E-state index is 0.0961. The standard InChI is InChI=1S/C20H19N3O/c1-15-11-13-21-23(15)18-9-7-17(8-10-18)20(24)22-14-12-19(22)16-5-3-2-4-6-16/h2-11,13,19H,12,14H2,1H3/t19-/m1/s1. The molecule has 0 N–H and O–H groups in total. The molecule has 1 fully saturated rings. The molecule has 2 aromatic carbocycles. The van der Waals surface area contributed by atoms with Gasteiger partial charge < -0.3 is 4.90 Å². The van der Waals surface area contributed by atoms with Crippen LogP contribution in [0.1, 0.15) is 34.1 Å². The molecule has 120 valence electrons. The number of rotatable bonds is 3. The fraction of sp³-hybridized carbons (Fsp3) is 0.200. The summed E-state index contributed by atoms with van der Waals surface area (Å²) in [6.45, 7) is 2.83. The first-order chi connectivity index (χ1) is 11.7. The molecular formula is C20H19N3O. The Morgan fingerprint density at radius 3 is 2.38 bits per heavy atom. The zero-order chi connectivity index (χ0) is 16.5. The van der Waals surface area contributed by atoms with Gasteiger partial charge in [0.2, 0.25) is 0 Å². The predicted molar refractivity (Wildman–Crippen MR) is 93.1 cm³/mol. The van der Waals surface area contributed by atoms with Crippen LogP contribution in [0.15, 0.2) is 66.9 Å². The highest BCUT2D eigenvalue weighted by Gasteiger charge is 2.33. The molecule has 0 radical (unpaired) electrons. The number of nitrogens with zero attached hydrogens (tertiary/aromatic N) is 3. The molecule has 3 aromatic rings. The van der Waals surface area contributed by atoms with Crippen molar-refractivity contribution in [2.75, 3.05) is 6.54 Å². The van der Waals surface area contributed by atoms with Gasteiger partial charge in [0.15, 0.2) is 0 Å². The third-order valence-electron chi connectivity index (χ3n) is 4.66. The fourth-order valence-electron chi connectivity index (χ4n) is 3.20. The highest BCUT2D eigenvalue weighted by atomic mass is 16.2. The van der Waals surface area contributed by atoms with Gasteiger partial charge in [-0.15, -0.1) is 0 Å². The molecule has 4 heteroatoms. The second-order valence-corrected chi connectivity index (χ2v) is 6.14. The minimum atomic E-state index is 0.0961. The van der Waals surface area contributed by atoms with Crippen molar-refractivity contribution >= 4 is 5.91 Å². The Morgan fingerprint density at radius 1 is 1.04 bits per heavy atom. The highest BCUT2D eigenvalue weighted by molar-refractivity contribution is 5.95. The lowest BCUT2D eigenvalue weighted by molar-refractivity contribution is 0.0460. The summed E-state index contributed by atoms with van der Waals surface area (Å²) >= 11 is 0. The highest BCUT2D eigenvalue weighted by Crippen LogP contribution is 2.34. The molecule has 0 bridgehead atoms. The summed E-state index contributed by atoms with van der Waals surface area (Å²) in [7, 11) is 0. The number of amides is 1. The van der Waals surface area contributed by atoms with Crippen molar-refractivity contribution in [1.29, 1.82) is 0 Å². The summed E-state index contributed by atoms with van der Waals surface area (Å²) in [6, 6.07) is 20.1. The van der Waals surface area contributed by atoms with Gasteiger partial charge in [-0.25, -0.2) is 4.68 Å². The van der Waals surface area contributed by atoms with Crippen molar-refractivity contribution in [1.82, 2.24) is 14.7 Å². The second-order valence-electron chi connectivity index (χ2n) is 6.14. The van der Waals surface area contributed by atoms with Gasteiger partial charge in [0.25, 0.3) is 5.91 Å². The van der Waals surface area contributed by atoms with Crippen LogP contribution in [0.25, 0.3) is 5.69 Å². The van der Waals surface area contributed by atoms with E-state index in [0.29, 0.717) is 0 Å². The van der Waals surface area contributed by atoms with E-state index in [1.165, 1.54) is 5.56 Å². The van der Waals surface area contributed by atoms with Gasteiger partial charge in [-0.2, -0.15) is 5.10 Å². The Bertz CT molecular complexity index is 852. The third-order valence-corrected chi connectivity index (χ3v) is 4.66. The van der Waals surface area contributed by atoms with Crippen LogP contribution in [-0.4, -0.2) is 27.1 Å². The van der Waals surface area contributed by atoms with Crippen LogP contribution in [0, 0.1) is 6.92 Å². The summed E-state index contributed by atoms with van der Waals surface area (Å²) in [5, 5.41) is 4.30. The maximum atomic E-state index is 12.8. The van der Waals surface area contributed by atoms with Crippen molar-refractivity contribution in [3.05, 3.63) is 83.7 Å². The molecule has 0 spiro atoms. The van der Waals surface area contributed by atoms with Crippen molar-refractivity contribution in [2.45, 2.75) is 19.4 Å². The summed E-state index contributed by atoms with van der Waals surface area (Å²) in [6.07, 6.45) is 2.80. The van der Waals surface area contributed by atoms with Crippen molar-refractivity contribution in [2.24, 2.45) is 0 Å². The number of hydrogen-bond donors (Lipinski definition) is 0. The minimum Gasteiger partial charge on any atom is -0.331 e. The molecule has 1 amide bonds. The number of hydrogen-bond acceptors (Lipinski definition) is 2. The molecule has 1 aliphatic rings. The Kier molecular flexibility index (Phi) is 3.65. The lowest BCUT2D eigenvalue weighted by Gasteiger charge is -2.41. The molecule has 1 aromatic heterocycles. The average Bonchev–Trinajstić information content (AvgIpc) is 3.01. The third kappa shape index (κ3) is 2.50. The molecular weight excluding hydrogens is 298 g/mol. The van der Waals surface area contributed by atoms with Gasteiger partial charge >= 0.3 is 0 Å². The van der Waals surface area contributed by atoms with Crippen molar-refractivity contribution < 1.29 is 4.79 Å². The molecule has 0 saturated carbocycles. The Hall–Kier alpha value is -2.88. The number of carbonyl (C=O) groups is 1. The smallest absolute Gasteiger partial charge is 0.254 e. The molecule has 24 heavy (non-hydrogen) atoms. The molecule has 1 aliphatic heterocycles. The van der Waals surface area contributed by atoms with Crippen LogP contribution in [-0.2, 0) is 0 Å². The van der Waals surface area contributed by atoms with Crippen LogP contribution in [0.5, 0.6) is 0 Å². The first-order valence-electron chi connectivity index (χ1n) is 8.21. The van der Waals surface area contributed by atoms with Gasteiger partial charge in [0, 0.05) is 24.0 Å². The summed E-state index contributed by atoms with van der Waals surface area (Å²) < 4.78 is 1.87. The topological polar surface area (TPSA) is 38.1 Å². The van der Waals surface area contributed by atoms with Crippen molar-refractivity contribution in [3.8, 4) is 5.69 Å². The number of aryl methyl sites for hydroxylation is 1. The lowest BCUT2D eigenvalue weighted by Crippen LogP contribution is -2.45. The van der Waals surface area contributed by atoms with Gasteiger partial charge in [-0.05, 0) is 49.2 Å². The van der Waals surface area contributed by atoms with Gasteiger partial charge in [-0.3, -0.25) is 4.79 Å². The second kappa shape index (κ2) is 5.96. The van der Waals surface area contributed by atoms with E-state index >= 15 is 0 Å². The summed E-state index contributed by atoms with van der Waals surface area (Å²) in [5.74, 6) is 0.0961. The number of likely N-dealkylation sites (tertiary alicyclic amines) is 1. The molecule has 2 heterocycles. The Morgan fingerprint density at radius 2 is 1.79 bits per heavy atom. The first kappa shape index (κ1) is 14.7. The summed E-state index contributed by atoms with van der Waals surface area (Å²) in [4.78, 5) is 14.7. The van der Waals surface area contributed by atoms with E-state index in [2.05, 4.69) is 17.2 Å². The zero-order valence-electron chi connectivity index (χ0n) is 13.6. The first-order valence-corrected chi connectivity index (χ1v) is 8.21. The van der Waals surface area contributed by atoms with Crippen molar-refractivity contribution in [3.63, 3.8) is 0 Å². The monoisotopic (exact) mass is 317 g/mol. The van der Waals surface area contributed by atoms with Crippen LogP contribution in [0.2, 0.25) is 0 Å².